The Kier molecular flexibility index (Phi) is 7.20. The summed E-state index contributed by atoms with van der Waals surface area (Å²) < 4.78 is 5.23. The third-order valence-corrected chi connectivity index (χ3v) is 12.1. The average Bonchev–Trinajstić information content (AvgIpc) is 3.57. The lowest BCUT2D eigenvalue weighted by Crippen LogP contribution is -2.45. The molecule has 6 heteroatoms. The summed E-state index contributed by atoms with van der Waals surface area (Å²) in [5.74, 6) is 0.200. The summed E-state index contributed by atoms with van der Waals surface area (Å²) >= 11 is 0. The Morgan fingerprint density at radius 1 is 0.861 bits per heavy atom. The van der Waals surface area contributed by atoms with Crippen molar-refractivity contribution in [3.63, 3.8) is 0 Å². The molecule has 2 aliphatic rings. The van der Waals surface area contributed by atoms with Crippen molar-refractivity contribution < 1.29 is 14.3 Å². The number of carbonyl (C=O) groups excluding carboxylic acids is 2. The quantitative estimate of drug-likeness (QED) is 0.365. The van der Waals surface area contributed by atoms with E-state index in [2.05, 4.69) is 79.4 Å². The van der Waals surface area contributed by atoms with Gasteiger partial charge in [-0.3, -0.25) is 4.79 Å². The molecule has 0 aliphatic carbocycles. The molecule has 2 heterocycles. The van der Waals surface area contributed by atoms with Crippen LogP contribution in [0.5, 0.6) is 0 Å². The van der Waals surface area contributed by atoms with Crippen molar-refractivity contribution in [2.75, 3.05) is 26.2 Å². The van der Waals surface area contributed by atoms with Gasteiger partial charge in [-0.25, -0.2) is 4.79 Å². The lowest BCUT2D eigenvalue weighted by atomic mass is 10.2. The van der Waals surface area contributed by atoms with E-state index in [4.69, 9.17) is 4.74 Å². The molecule has 0 aromatic heterocycles. The van der Waals surface area contributed by atoms with Crippen LogP contribution in [0.15, 0.2) is 104 Å². The van der Waals surface area contributed by atoms with Crippen LogP contribution in [0.2, 0.25) is 0 Å². The molecule has 5 nitrogen and oxygen atoms in total. The van der Waals surface area contributed by atoms with Gasteiger partial charge in [-0.05, 0) is 42.8 Å². The molecule has 3 aromatic carbocycles. The first kappa shape index (κ1) is 24.3. The minimum atomic E-state index is -2.29. The van der Waals surface area contributed by atoms with Crippen LogP contribution in [0.3, 0.4) is 0 Å². The van der Waals surface area contributed by atoms with E-state index in [1.165, 1.54) is 15.9 Å². The first-order valence-electron chi connectivity index (χ1n) is 12.5. The first-order chi connectivity index (χ1) is 17.7. The van der Waals surface area contributed by atoms with Crippen molar-refractivity contribution in [1.29, 1.82) is 0 Å². The molecule has 0 radical (unpaired) electrons. The molecule has 36 heavy (non-hydrogen) atoms. The molecule has 1 unspecified atom stereocenters. The SMILES string of the molecule is C=CCOC(=O)N1CCC(N2CC[C@@H]([P+](c3ccccc3)(c3ccccc3)c3ccccc3)C2=O)C1. The molecule has 0 N–H and O–H groups in total. The zero-order valence-electron chi connectivity index (χ0n) is 20.4. The zero-order chi connectivity index (χ0) is 25.0. The van der Waals surface area contributed by atoms with E-state index >= 15 is 0 Å². The summed E-state index contributed by atoms with van der Waals surface area (Å²) in [4.78, 5) is 30.4. The molecule has 2 saturated heterocycles. The van der Waals surface area contributed by atoms with Gasteiger partial charge in [0.15, 0.2) is 5.66 Å². The summed E-state index contributed by atoms with van der Waals surface area (Å²) in [7, 11) is -2.29. The van der Waals surface area contributed by atoms with Gasteiger partial charge in [0.2, 0.25) is 0 Å². The smallest absolute Gasteiger partial charge is 0.410 e. The maximum atomic E-state index is 14.3. The summed E-state index contributed by atoms with van der Waals surface area (Å²) in [6.07, 6.45) is 2.80. The van der Waals surface area contributed by atoms with Gasteiger partial charge in [0.1, 0.15) is 29.8 Å². The molecule has 5 rings (SSSR count). The van der Waals surface area contributed by atoms with Crippen molar-refractivity contribution in [2.24, 2.45) is 0 Å². The molecule has 2 atom stereocenters. The monoisotopic (exact) mass is 499 g/mol. The Morgan fingerprint density at radius 3 is 1.89 bits per heavy atom. The molecule has 2 aliphatic heterocycles. The number of ether oxygens (including phenoxy) is 1. The second-order valence-electron chi connectivity index (χ2n) is 9.32. The highest BCUT2D eigenvalue weighted by Crippen LogP contribution is 2.62. The van der Waals surface area contributed by atoms with Gasteiger partial charge < -0.3 is 14.5 Å². The van der Waals surface area contributed by atoms with E-state index in [-0.39, 0.29) is 30.3 Å². The van der Waals surface area contributed by atoms with Gasteiger partial charge in [-0.15, -0.1) is 0 Å². The predicted octanol–water partition coefficient (Wildman–Crippen LogP) is 3.98. The standard InChI is InChI=1S/C30H32N2O3P/c1-2-22-35-30(34)31-20-18-24(23-31)32-21-19-28(29(32)33)36(25-12-6-3-7-13-25,26-14-8-4-9-15-26)27-16-10-5-11-17-27/h2-17,24,28H,1,18-23H2/q+1/t24?,28-/m1/s1. The Hall–Kier alpha value is -3.43. The minimum absolute atomic E-state index is 0.0167. The maximum Gasteiger partial charge on any atom is 0.410 e. The van der Waals surface area contributed by atoms with Crippen LogP contribution in [-0.4, -0.2) is 59.7 Å². The Bertz CT molecular complexity index is 1110. The Morgan fingerprint density at radius 2 is 1.39 bits per heavy atom. The third-order valence-electron chi connectivity index (χ3n) is 7.36. The van der Waals surface area contributed by atoms with Crippen LogP contribution < -0.4 is 15.9 Å². The molecule has 2 amide bonds. The maximum absolute atomic E-state index is 14.3. The Labute approximate surface area is 213 Å². The van der Waals surface area contributed by atoms with Crippen molar-refractivity contribution in [1.82, 2.24) is 9.80 Å². The largest absolute Gasteiger partial charge is 0.445 e. The van der Waals surface area contributed by atoms with Crippen LogP contribution in [-0.2, 0) is 9.53 Å². The molecule has 184 valence electrons. The Balaban J connectivity index is 1.53. The van der Waals surface area contributed by atoms with Gasteiger partial charge in [-0.2, -0.15) is 0 Å². The topological polar surface area (TPSA) is 49.9 Å². The zero-order valence-corrected chi connectivity index (χ0v) is 21.3. The predicted molar refractivity (Wildman–Crippen MR) is 147 cm³/mol. The van der Waals surface area contributed by atoms with Crippen molar-refractivity contribution in [3.05, 3.63) is 104 Å². The summed E-state index contributed by atoms with van der Waals surface area (Å²) in [5, 5.41) is 3.68. The summed E-state index contributed by atoms with van der Waals surface area (Å²) in [5.41, 5.74) is -0.147. The second kappa shape index (κ2) is 10.7. The third kappa shape index (κ3) is 4.33. The van der Waals surface area contributed by atoms with Gasteiger partial charge in [0.25, 0.3) is 5.91 Å². The fourth-order valence-electron chi connectivity index (χ4n) is 5.77. The highest BCUT2D eigenvalue weighted by molar-refractivity contribution is 7.96. The fourth-order valence-corrected chi connectivity index (χ4v) is 10.7. The number of carbonyl (C=O) groups is 2. The van der Waals surface area contributed by atoms with Crippen LogP contribution in [0.1, 0.15) is 12.8 Å². The minimum Gasteiger partial charge on any atom is -0.445 e. The number of hydrogen-bond acceptors (Lipinski definition) is 3. The average molecular weight is 500 g/mol. The highest BCUT2D eigenvalue weighted by atomic mass is 31.2. The number of benzene rings is 3. The number of likely N-dealkylation sites (tertiary alicyclic amines) is 2. The second-order valence-corrected chi connectivity index (χ2v) is 12.9. The van der Waals surface area contributed by atoms with Crippen LogP contribution in [0.4, 0.5) is 4.79 Å². The normalized spacial score (nSPS) is 19.9. The lowest BCUT2D eigenvalue weighted by Gasteiger charge is -2.32. The molecule has 3 aromatic rings. The number of rotatable bonds is 7. The van der Waals surface area contributed by atoms with Crippen molar-refractivity contribution in [3.8, 4) is 0 Å². The highest BCUT2D eigenvalue weighted by Gasteiger charge is 2.59. The first-order valence-corrected chi connectivity index (χ1v) is 14.4. The van der Waals surface area contributed by atoms with E-state index in [1.54, 1.807) is 11.0 Å². The van der Waals surface area contributed by atoms with Crippen LogP contribution in [0.25, 0.3) is 0 Å². The fraction of sp³-hybridized carbons (Fsp3) is 0.267. The van der Waals surface area contributed by atoms with Crippen LogP contribution in [0, 0.1) is 0 Å². The number of hydrogen-bond donors (Lipinski definition) is 0. The van der Waals surface area contributed by atoms with E-state index in [0.717, 1.165) is 12.8 Å². The molecular formula is C30H32N2O3P+. The van der Waals surface area contributed by atoms with Gasteiger partial charge in [0, 0.05) is 26.1 Å². The molecule has 2 fully saturated rings. The molecule has 0 spiro atoms. The van der Waals surface area contributed by atoms with Crippen molar-refractivity contribution in [2.45, 2.75) is 24.5 Å². The van der Waals surface area contributed by atoms with Gasteiger partial charge >= 0.3 is 6.09 Å². The molecular weight excluding hydrogens is 467 g/mol. The molecule has 0 bridgehead atoms. The van der Waals surface area contributed by atoms with E-state index < -0.39 is 7.26 Å². The van der Waals surface area contributed by atoms with Crippen LogP contribution >= 0.6 is 7.26 Å². The van der Waals surface area contributed by atoms with E-state index in [1.807, 2.05) is 23.1 Å². The lowest BCUT2D eigenvalue weighted by molar-refractivity contribution is -0.129. The summed E-state index contributed by atoms with van der Waals surface area (Å²) in [6, 6.07) is 31.8. The van der Waals surface area contributed by atoms with E-state index in [0.29, 0.717) is 19.6 Å². The number of nitrogens with zero attached hydrogens (tertiary/aromatic N) is 2. The van der Waals surface area contributed by atoms with Crippen molar-refractivity contribution >= 4 is 35.2 Å². The summed E-state index contributed by atoms with van der Waals surface area (Å²) in [6.45, 7) is 5.63. The van der Waals surface area contributed by atoms with Gasteiger partial charge in [-0.1, -0.05) is 67.3 Å². The van der Waals surface area contributed by atoms with E-state index in [9.17, 15) is 9.59 Å². The number of amides is 2. The molecule has 0 saturated carbocycles. The van der Waals surface area contributed by atoms with Gasteiger partial charge in [0.05, 0.1) is 6.04 Å².